The summed E-state index contributed by atoms with van der Waals surface area (Å²) in [5.41, 5.74) is 0. The quantitative estimate of drug-likeness (QED) is 0.601. The van der Waals surface area contributed by atoms with E-state index in [1.807, 2.05) is 0 Å². The molecule has 7 heteroatoms. The number of ether oxygens (including phenoxy) is 1. The molecule has 2 aliphatic heterocycles. The first-order valence-corrected chi connectivity index (χ1v) is 5.99. The lowest BCUT2D eigenvalue weighted by Gasteiger charge is -2.27. The number of hydrogen-bond acceptors (Lipinski definition) is 5. The summed E-state index contributed by atoms with van der Waals surface area (Å²) in [5, 5.41) is 2.85. The monoisotopic (exact) mass is 255 g/mol. The van der Waals surface area contributed by atoms with Crippen LogP contribution in [-0.2, 0) is 19.1 Å². The largest absolute Gasteiger partial charge is 0.378 e. The molecule has 0 saturated carbocycles. The van der Waals surface area contributed by atoms with Crippen molar-refractivity contribution >= 4 is 17.7 Å². The number of hydrogen-bond donors (Lipinski definition) is 1. The van der Waals surface area contributed by atoms with E-state index in [1.165, 1.54) is 7.05 Å². The molecule has 0 aromatic rings. The lowest BCUT2D eigenvalue weighted by molar-refractivity contribution is -0.137. The summed E-state index contributed by atoms with van der Waals surface area (Å²) >= 11 is 0. The van der Waals surface area contributed by atoms with Crippen molar-refractivity contribution in [3.05, 3.63) is 0 Å². The molecular formula is C11H17N3O4. The van der Waals surface area contributed by atoms with Crippen LogP contribution in [0.5, 0.6) is 0 Å². The van der Waals surface area contributed by atoms with Gasteiger partial charge in [-0.15, -0.1) is 0 Å². The second-order valence-corrected chi connectivity index (χ2v) is 4.42. The zero-order valence-corrected chi connectivity index (χ0v) is 10.3. The van der Waals surface area contributed by atoms with Gasteiger partial charge in [-0.1, -0.05) is 0 Å². The predicted octanol–water partition coefficient (Wildman–Crippen LogP) is -1.81. The summed E-state index contributed by atoms with van der Waals surface area (Å²) in [5.74, 6) is -0.542. The molecule has 0 aromatic carbocycles. The standard InChI is InChI=1S/C11H17N3O4/c1-13-9(15)6-8(11(13)17)12-7-10(16)14-2-4-18-5-3-14/h8,12H,2-7H2,1H3. The smallest absolute Gasteiger partial charge is 0.246 e. The highest BCUT2D eigenvalue weighted by Gasteiger charge is 2.36. The number of likely N-dealkylation sites (N-methyl/N-ethyl adjacent to an activating group) is 1. The summed E-state index contributed by atoms with van der Waals surface area (Å²) in [6, 6.07) is -0.563. The molecule has 2 aliphatic rings. The maximum Gasteiger partial charge on any atom is 0.246 e. The van der Waals surface area contributed by atoms with Gasteiger partial charge >= 0.3 is 0 Å². The van der Waals surface area contributed by atoms with Crippen molar-refractivity contribution in [2.24, 2.45) is 0 Å². The van der Waals surface area contributed by atoms with Gasteiger partial charge in [0.1, 0.15) is 0 Å². The fraction of sp³-hybridized carbons (Fsp3) is 0.727. The van der Waals surface area contributed by atoms with Crippen LogP contribution in [0.25, 0.3) is 0 Å². The van der Waals surface area contributed by atoms with E-state index < -0.39 is 6.04 Å². The molecule has 0 radical (unpaired) electrons. The maximum atomic E-state index is 11.8. The van der Waals surface area contributed by atoms with Crippen molar-refractivity contribution in [1.82, 2.24) is 15.1 Å². The summed E-state index contributed by atoms with van der Waals surface area (Å²) in [7, 11) is 1.45. The van der Waals surface area contributed by atoms with Crippen molar-refractivity contribution in [2.45, 2.75) is 12.5 Å². The van der Waals surface area contributed by atoms with Gasteiger partial charge in [0.05, 0.1) is 32.2 Å². The molecule has 7 nitrogen and oxygen atoms in total. The van der Waals surface area contributed by atoms with E-state index in [9.17, 15) is 14.4 Å². The van der Waals surface area contributed by atoms with Gasteiger partial charge in [-0.25, -0.2) is 0 Å². The lowest BCUT2D eigenvalue weighted by Crippen LogP contribution is -2.47. The van der Waals surface area contributed by atoms with Gasteiger partial charge in [0.2, 0.25) is 17.7 Å². The first-order valence-electron chi connectivity index (χ1n) is 5.99. The molecule has 2 rings (SSSR count). The third kappa shape index (κ3) is 2.68. The highest BCUT2D eigenvalue weighted by Crippen LogP contribution is 2.10. The average molecular weight is 255 g/mol. The van der Waals surface area contributed by atoms with E-state index in [0.29, 0.717) is 26.3 Å². The third-order valence-electron chi connectivity index (χ3n) is 3.24. The number of imide groups is 1. The Morgan fingerprint density at radius 1 is 1.39 bits per heavy atom. The zero-order valence-electron chi connectivity index (χ0n) is 10.3. The summed E-state index contributed by atoms with van der Waals surface area (Å²) in [6.07, 6.45) is 0.131. The molecule has 2 fully saturated rings. The van der Waals surface area contributed by atoms with Crippen molar-refractivity contribution in [3.8, 4) is 0 Å². The molecule has 0 spiro atoms. The minimum atomic E-state index is -0.563. The van der Waals surface area contributed by atoms with Crippen LogP contribution in [0.15, 0.2) is 0 Å². The van der Waals surface area contributed by atoms with Crippen LogP contribution in [0.4, 0.5) is 0 Å². The van der Waals surface area contributed by atoms with Crippen molar-refractivity contribution in [1.29, 1.82) is 0 Å². The van der Waals surface area contributed by atoms with Gasteiger partial charge in [0.25, 0.3) is 0 Å². The molecule has 1 unspecified atom stereocenters. The van der Waals surface area contributed by atoms with Crippen LogP contribution >= 0.6 is 0 Å². The zero-order chi connectivity index (χ0) is 13.1. The first kappa shape index (κ1) is 13.0. The highest BCUT2D eigenvalue weighted by molar-refractivity contribution is 6.05. The summed E-state index contributed by atoms with van der Waals surface area (Å²) < 4.78 is 5.15. The van der Waals surface area contributed by atoms with Gasteiger partial charge in [0.15, 0.2) is 0 Å². The Labute approximate surface area is 105 Å². The number of carbonyl (C=O) groups is 3. The predicted molar refractivity (Wildman–Crippen MR) is 61.6 cm³/mol. The van der Waals surface area contributed by atoms with Crippen molar-refractivity contribution in [2.75, 3.05) is 39.9 Å². The lowest BCUT2D eigenvalue weighted by atomic mass is 10.2. The van der Waals surface area contributed by atoms with Crippen LogP contribution in [0, 0.1) is 0 Å². The molecule has 3 amide bonds. The average Bonchev–Trinajstić information content (AvgIpc) is 2.64. The Kier molecular flexibility index (Phi) is 3.93. The van der Waals surface area contributed by atoms with E-state index in [2.05, 4.69) is 5.32 Å². The van der Waals surface area contributed by atoms with Crippen LogP contribution in [0.3, 0.4) is 0 Å². The van der Waals surface area contributed by atoms with E-state index in [0.717, 1.165) is 4.90 Å². The number of carbonyl (C=O) groups excluding carboxylic acids is 3. The van der Waals surface area contributed by atoms with E-state index >= 15 is 0 Å². The van der Waals surface area contributed by atoms with Gasteiger partial charge in [-0.2, -0.15) is 0 Å². The van der Waals surface area contributed by atoms with E-state index in [4.69, 9.17) is 4.74 Å². The minimum Gasteiger partial charge on any atom is -0.378 e. The van der Waals surface area contributed by atoms with Crippen molar-refractivity contribution in [3.63, 3.8) is 0 Å². The fourth-order valence-corrected chi connectivity index (χ4v) is 2.05. The first-order chi connectivity index (χ1) is 8.59. The van der Waals surface area contributed by atoms with Gasteiger partial charge < -0.3 is 9.64 Å². The Morgan fingerprint density at radius 2 is 2.06 bits per heavy atom. The molecule has 1 atom stereocenters. The molecule has 0 bridgehead atoms. The molecule has 100 valence electrons. The third-order valence-corrected chi connectivity index (χ3v) is 3.24. The van der Waals surface area contributed by atoms with Crippen molar-refractivity contribution < 1.29 is 19.1 Å². The number of amides is 3. The molecular weight excluding hydrogens is 238 g/mol. The number of morpholine rings is 1. The second-order valence-electron chi connectivity index (χ2n) is 4.42. The molecule has 2 saturated heterocycles. The van der Waals surface area contributed by atoms with Crippen LogP contribution in [0.2, 0.25) is 0 Å². The Balaban J connectivity index is 1.79. The molecule has 0 aliphatic carbocycles. The second kappa shape index (κ2) is 5.45. The number of nitrogens with one attached hydrogen (secondary N) is 1. The fourth-order valence-electron chi connectivity index (χ4n) is 2.05. The Morgan fingerprint density at radius 3 is 2.61 bits per heavy atom. The number of rotatable bonds is 3. The topological polar surface area (TPSA) is 79.0 Å². The highest BCUT2D eigenvalue weighted by atomic mass is 16.5. The van der Waals surface area contributed by atoms with Crippen LogP contribution < -0.4 is 5.32 Å². The molecule has 2 heterocycles. The number of likely N-dealkylation sites (tertiary alicyclic amines) is 1. The Hall–Kier alpha value is -1.47. The molecule has 0 aromatic heterocycles. The molecule has 18 heavy (non-hydrogen) atoms. The van der Waals surface area contributed by atoms with Gasteiger partial charge in [-0.3, -0.25) is 24.6 Å². The Bertz CT molecular complexity index is 365. The van der Waals surface area contributed by atoms with Gasteiger partial charge in [-0.05, 0) is 0 Å². The van der Waals surface area contributed by atoms with Gasteiger partial charge in [0, 0.05) is 20.1 Å². The van der Waals surface area contributed by atoms with Crippen LogP contribution in [-0.4, -0.2) is 73.5 Å². The summed E-state index contributed by atoms with van der Waals surface area (Å²) in [6.45, 7) is 2.35. The molecule has 1 N–H and O–H groups in total. The minimum absolute atomic E-state index is 0.0619. The van der Waals surface area contributed by atoms with E-state index in [-0.39, 0.29) is 30.7 Å². The van der Waals surface area contributed by atoms with E-state index in [1.54, 1.807) is 4.90 Å². The van der Waals surface area contributed by atoms with Crippen LogP contribution in [0.1, 0.15) is 6.42 Å². The summed E-state index contributed by atoms with van der Waals surface area (Å²) in [4.78, 5) is 37.5. The SMILES string of the molecule is CN1C(=O)CC(NCC(=O)N2CCOCC2)C1=O. The normalized spacial score (nSPS) is 24.8. The number of nitrogens with zero attached hydrogens (tertiary/aromatic N) is 2. The maximum absolute atomic E-state index is 11.8.